The Morgan fingerprint density at radius 2 is 1.94 bits per heavy atom. The van der Waals surface area contributed by atoms with E-state index in [1.54, 1.807) is 6.20 Å². The van der Waals surface area contributed by atoms with Crippen LogP contribution < -0.4 is 10.1 Å². The van der Waals surface area contributed by atoms with Crippen LogP contribution in [-0.4, -0.2) is 23.2 Å². The molecule has 5 heteroatoms. The molecule has 0 amide bonds. The second kappa shape index (κ2) is 4.86. The van der Waals surface area contributed by atoms with Gasteiger partial charge in [-0.1, -0.05) is 0 Å². The smallest absolute Gasteiger partial charge is 0.228 e. The van der Waals surface area contributed by atoms with Crippen molar-refractivity contribution in [3.8, 4) is 5.88 Å². The van der Waals surface area contributed by atoms with Crippen molar-refractivity contribution >= 4 is 31.9 Å². The van der Waals surface area contributed by atoms with Crippen LogP contribution >= 0.6 is 31.9 Å². The maximum absolute atomic E-state index is 6.00. The number of ether oxygens (including phenoxy) is 1. The Morgan fingerprint density at radius 1 is 1.24 bits per heavy atom. The van der Waals surface area contributed by atoms with Crippen molar-refractivity contribution in [2.75, 3.05) is 0 Å². The van der Waals surface area contributed by atoms with Crippen molar-refractivity contribution in [2.24, 2.45) is 0 Å². The second-order valence-electron chi connectivity index (χ2n) is 4.79. The van der Waals surface area contributed by atoms with E-state index in [0.29, 0.717) is 24.1 Å². The molecule has 2 aliphatic rings. The monoisotopic (exact) mass is 360 g/mol. The number of nitrogens with zero attached hydrogens (tertiary/aromatic N) is 1. The predicted octanol–water partition coefficient (Wildman–Crippen LogP) is 3.27. The molecule has 0 spiro atoms. The van der Waals surface area contributed by atoms with Crippen LogP contribution in [0.4, 0.5) is 0 Å². The first-order chi connectivity index (χ1) is 8.20. The number of aromatic nitrogens is 1. The van der Waals surface area contributed by atoms with Crippen LogP contribution in [-0.2, 0) is 0 Å². The summed E-state index contributed by atoms with van der Waals surface area (Å²) in [6.45, 7) is 0. The molecule has 2 bridgehead atoms. The van der Waals surface area contributed by atoms with E-state index in [-0.39, 0.29) is 0 Å². The summed E-state index contributed by atoms with van der Waals surface area (Å²) in [4.78, 5) is 4.31. The molecule has 3 nitrogen and oxygen atoms in total. The highest BCUT2D eigenvalue weighted by atomic mass is 79.9. The van der Waals surface area contributed by atoms with Crippen LogP contribution in [0.5, 0.6) is 5.88 Å². The van der Waals surface area contributed by atoms with Crippen molar-refractivity contribution in [3.05, 3.63) is 21.2 Å². The van der Waals surface area contributed by atoms with E-state index < -0.39 is 0 Å². The number of rotatable bonds is 2. The summed E-state index contributed by atoms with van der Waals surface area (Å²) >= 11 is 6.88. The van der Waals surface area contributed by atoms with Gasteiger partial charge in [0.15, 0.2) is 0 Å². The number of pyridine rings is 1. The highest BCUT2D eigenvalue weighted by Crippen LogP contribution is 2.32. The van der Waals surface area contributed by atoms with E-state index in [4.69, 9.17) is 4.74 Å². The summed E-state index contributed by atoms with van der Waals surface area (Å²) in [5.41, 5.74) is 0. The van der Waals surface area contributed by atoms with Gasteiger partial charge in [-0.25, -0.2) is 4.98 Å². The van der Waals surface area contributed by atoms with Gasteiger partial charge in [0.1, 0.15) is 6.10 Å². The first-order valence-electron chi connectivity index (χ1n) is 5.94. The molecular weight excluding hydrogens is 348 g/mol. The van der Waals surface area contributed by atoms with Gasteiger partial charge in [0.2, 0.25) is 5.88 Å². The van der Waals surface area contributed by atoms with E-state index in [1.807, 2.05) is 6.07 Å². The van der Waals surface area contributed by atoms with E-state index in [1.165, 1.54) is 12.8 Å². The average molecular weight is 362 g/mol. The summed E-state index contributed by atoms with van der Waals surface area (Å²) in [7, 11) is 0. The Labute approximate surface area is 118 Å². The first kappa shape index (κ1) is 11.9. The summed E-state index contributed by atoms with van der Waals surface area (Å²) in [5, 5.41) is 3.61. The highest BCUT2D eigenvalue weighted by molar-refractivity contribution is 9.11. The molecule has 1 N–H and O–H groups in total. The van der Waals surface area contributed by atoms with E-state index >= 15 is 0 Å². The predicted molar refractivity (Wildman–Crippen MR) is 73.2 cm³/mol. The van der Waals surface area contributed by atoms with E-state index in [0.717, 1.165) is 21.8 Å². The van der Waals surface area contributed by atoms with E-state index in [2.05, 4.69) is 42.2 Å². The molecule has 1 aromatic rings. The lowest BCUT2D eigenvalue weighted by atomic mass is 10.0. The Morgan fingerprint density at radius 3 is 2.59 bits per heavy atom. The number of nitrogens with one attached hydrogen (secondary N) is 1. The number of halogens is 2. The lowest BCUT2D eigenvalue weighted by Crippen LogP contribution is -2.42. The van der Waals surface area contributed by atoms with Crippen molar-refractivity contribution in [3.63, 3.8) is 0 Å². The zero-order valence-electron chi connectivity index (χ0n) is 9.33. The van der Waals surface area contributed by atoms with Gasteiger partial charge in [-0.3, -0.25) is 0 Å². The minimum absolute atomic E-state index is 0.304. The van der Waals surface area contributed by atoms with Crippen molar-refractivity contribution in [1.29, 1.82) is 0 Å². The average Bonchev–Trinajstić information content (AvgIpc) is 2.62. The van der Waals surface area contributed by atoms with Gasteiger partial charge in [-0.05, 0) is 63.6 Å². The third-order valence-electron chi connectivity index (χ3n) is 3.48. The van der Waals surface area contributed by atoms with Gasteiger partial charge in [0.05, 0.1) is 4.47 Å². The maximum Gasteiger partial charge on any atom is 0.228 e. The normalized spacial score (nSPS) is 31.5. The zero-order valence-corrected chi connectivity index (χ0v) is 12.5. The highest BCUT2D eigenvalue weighted by Gasteiger charge is 2.34. The minimum Gasteiger partial charge on any atom is -0.473 e. The molecule has 0 saturated carbocycles. The van der Waals surface area contributed by atoms with Gasteiger partial charge in [0, 0.05) is 22.8 Å². The number of piperidine rings is 1. The summed E-state index contributed by atoms with van der Waals surface area (Å²) in [6, 6.07) is 3.26. The molecule has 0 radical (unpaired) electrons. The fraction of sp³-hybridized carbons (Fsp3) is 0.583. The lowest BCUT2D eigenvalue weighted by molar-refractivity contribution is 0.131. The van der Waals surface area contributed by atoms with Gasteiger partial charge < -0.3 is 10.1 Å². The Bertz CT molecular complexity index is 415. The maximum atomic E-state index is 6.00. The Balaban J connectivity index is 1.70. The van der Waals surface area contributed by atoms with Crippen LogP contribution in [0.3, 0.4) is 0 Å². The molecule has 2 fully saturated rings. The largest absolute Gasteiger partial charge is 0.473 e. The van der Waals surface area contributed by atoms with Crippen LogP contribution in [0, 0.1) is 0 Å². The fourth-order valence-electron chi connectivity index (χ4n) is 2.75. The van der Waals surface area contributed by atoms with Crippen LogP contribution in [0.2, 0.25) is 0 Å². The number of hydrogen-bond acceptors (Lipinski definition) is 3. The lowest BCUT2D eigenvalue weighted by Gasteiger charge is -2.29. The molecule has 0 aliphatic carbocycles. The van der Waals surface area contributed by atoms with Gasteiger partial charge in [-0.2, -0.15) is 0 Å². The van der Waals surface area contributed by atoms with Crippen molar-refractivity contribution in [1.82, 2.24) is 10.3 Å². The molecule has 2 aliphatic heterocycles. The Hall–Kier alpha value is -0.130. The zero-order chi connectivity index (χ0) is 11.8. The SMILES string of the molecule is Brc1cnc(OC2CC3CCC(C2)N3)c(Br)c1. The van der Waals surface area contributed by atoms with Gasteiger partial charge in [0.25, 0.3) is 0 Å². The second-order valence-corrected chi connectivity index (χ2v) is 6.56. The summed E-state index contributed by atoms with van der Waals surface area (Å²) in [5.74, 6) is 0.708. The molecule has 3 rings (SSSR count). The molecule has 1 aromatic heterocycles. The minimum atomic E-state index is 0.304. The van der Waals surface area contributed by atoms with Crippen LogP contribution in [0.15, 0.2) is 21.2 Å². The first-order valence-corrected chi connectivity index (χ1v) is 7.53. The van der Waals surface area contributed by atoms with Crippen LogP contribution in [0.1, 0.15) is 25.7 Å². The fourth-order valence-corrected chi connectivity index (χ4v) is 3.83. The molecular formula is C12H14Br2N2O. The number of hydrogen-bond donors (Lipinski definition) is 1. The third kappa shape index (κ3) is 2.66. The quantitative estimate of drug-likeness (QED) is 0.877. The molecule has 17 heavy (non-hydrogen) atoms. The summed E-state index contributed by atoms with van der Waals surface area (Å²) < 4.78 is 7.88. The standard InChI is InChI=1S/C12H14Br2N2O/c13-7-3-11(14)12(15-6-7)17-10-4-8-1-2-9(5-10)16-8/h3,6,8-10,16H,1-2,4-5H2. The molecule has 2 saturated heterocycles. The van der Waals surface area contributed by atoms with Crippen LogP contribution in [0.25, 0.3) is 0 Å². The van der Waals surface area contributed by atoms with Gasteiger partial charge >= 0.3 is 0 Å². The molecule has 0 aromatic carbocycles. The Kier molecular flexibility index (Phi) is 3.41. The molecule has 92 valence electrons. The van der Waals surface area contributed by atoms with Crippen molar-refractivity contribution < 1.29 is 4.74 Å². The molecule has 2 atom stereocenters. The third-order valence-corrected chi connectivity index (χ3v) is 4.48. The molecule has 2 unspecified atom stereocenters. The summed E-state index contributed by atoms with van der Waals surface area (Å²) in [6.07, 6.45) is 6.86. The van der Waals surface area contributed by atoms with Crippen molar-refractivity contribution in [2.45, 2.75) is 43.9 Å². The topological polar surface area (TPSA) is 34.1 Å². The van der Waals surface area contributed by atoms with E-state index in [9.17, 15) is 0 Å². The number of fused-ring (bicyclic) bond motifs is 2. The van der Waals surface area contributed by atoms with Gasteiger partial charge in [-0.15, -0.1) is 0 Å². The molecule has 3 heterocycles.